The summed E-state index contributed by atoms with van der Waals surface area (Å²) in [6, 6.07) is 11.3. The van der Waals surface area contributed by atoms with Crippen molar-refractivity contribution < 1.29 is 22.7 Å². The van der Waals surface area contributed by atoms with Crippen molar-refractivity contribution in [3.05, 3.63) is 53.6 Å². The van der Waals surface area contributed by atoms with Crippen molar-refractivity contribution in [1.29, 1.82) is 0 Å². The molecule has 0 radical (unpaired) electrons. The molecule has 8 nitrogen and oxygen atoms in total. The van der Waals surface area contributed by atoms with Gasteiger partial charge in [-0.05, 0) is 30.2 Å². The number of amides is 1. The molecule has 9 heteroatoms. The Morgan fingerprint density at radius 2 is 1.84 bits per heavy atom. The number of fused-ring (bicyclic) bond motifs is 1. The zero-order valence-corrected chi connectivity index (χ0v) is 19.1. The Bertz CT molecular complexity index is 1110. The van der Waals surface area contributed by atoms with E-state index in [-0.39, 0.29) is 22.6 Å². The molecule has 0 aliphatic carbocycles. The summed E-state index contributed by atoms with van der Waals surface area (Å²) in [5.74, 6) is 1.11. The fourth-order valence-electron chi connectivity index (χ4n) is 3.40. The number of hydrogen-bond donors (Lipinski definition) is 1. The summed E-state index contributed by atoms with van der Waals surface area (Å²) in [7, 11) is 1.16. The highest BCUT2D eigenvalue weighted by Crippen LogP contribution is 2.27. The van der Waals surface area contributed by atoms with Gasteiger partial charge in [-0.15, -0.1) is 0 Å². The van der Waals surface area contributed by atoms with Gasteiger partial charge < -0.3 is 14.4 Å². The number of carbonyl (C=O) groups is 1. The van der Waals surface area contributed by atoms with Crippen LogP contribution in [0.5, 0.6) is 11.5 Å². The van der Waals surface area contributed by atoms with E-state index in [0.29, 0.717) is 23.6 Å². The van der Waals surface area contributed by atoms with Crippen LogP contribution in [0, 0.1) is 5.92 Å². The van der Waals surface area contributed by atoms with Gasteiger partial charge in [-0.2, -0.15) is 0 Å². The Labute approximate surface area is 182 Å². The molecule has 1 N–H and O–H groups in total. The van der Waals surface area contributed by atoms with Crippen LogP contribution < -0.4 is 14.2 Å². The summed E-state index contributed by atoms with van der Waals surface area (Å²) in [4.78, 5) is 19.5. The van der Waals surface area contributed by atoms with Gasteiger partial charge in [0, 0.05) is 30.8 Å². The number of nitrogens with zero attached hydrogens (tertiary/aromatic N) is 2. The molecule has 3 rings (SSSR count). The maximum Gasteiger partial charge on any atom is 0.263 e. The molecule has 0 saturated carbocycles. The van der Waals surface area contributed by atoms with Crippen molar-refractivity contribution in [3.63, 3.8) is 0 Å². The van der Waals surface area contributed by atoms with Crippen LogP contribution in [0.15, 0.2) is 52.4 Å². The Hall–Kier alpha value is -3.07. The van der Waals surface area contributed by atoms with E-state index in [1.54, 1.807) is 56.5 Å². The van der Waals surface area contributed by atoms with Crippen molar-refractivity contribution in [3.8, 4) is 11.5 Å². The number of aliphatic imine (C=N–C) groups is 1. The molecule has 1 amide bonds. The van der Waals surface area contributed by atoms with E-state index in [1.165, 1.54) is 6.07 Å². The average Bonchev–Trinajstić information content (AvgIpc) is 3.01. The highest BCUT2D eigenvalue weighted by atomic mass is 32.2. The fraction of sp³-hybridized carbons (Fsp3) is 0.364. The van der Waals surface area contributed by atoms with Gasteiger partial charge >= 0.3 is 0 Å². The number of rotatable bonds is 7. The molecule has 1 atom stereocenters. The summed E-state index contributed by atoms with van der Waals surface area (Å²) >= 11 is 0. The minimum Gasteiger partial charge on any atom is -0.497 e. The lowest BCUT2D eigenvalue weighted by Gasteiger charge is -2.25. The third-order valence-corrected chi connectivity index (χ3v) is 6.49. The number of nitrogens with one attached hydrogen (secondary N) is 1. The second kappa shape index (κ2) is 8.97. The molecule has 31 heavy (non-hydrogen) atoms. The van der Waals surface area contributed by atoms with Crippen molar-refractivity contribution in [1.82, 2.24) is 9.62 Å². The first-order valence-electron chi connectivity index (χ1n) is 9.83. The third kappa shape index (κ3) is 4.66. The van der Waals surface area contributed by atoms with Gasteiger partial charge in [0.2, 0.25) is 5.91 Å². The fourth-order valence-corrected chi connectivity index (χ4v) is 4.64. The van der Waals surface area contributed by atoms with Gasteiger partial charge in [0.05, 0.1) is 19.1 Å². The van der Waals surface area contributed by atoms with Gasteiger partial charge in [-0.25, -0.2) is 8.42 Å². The third-order valence-electron chi connectivity index (χ3n) is 5.09. The molecular weight excluding hydrogens is 418 g/mol. The maximum atomic E-state index is 13.2. The number of ether oxygens (including phenoxy) is 2. The first-order chi connectivity index (χ1) is 14.7. The molecule has 2 aromatic carbocycles. The molecule has 0 saturated heterocycles. The van der Waals surface area contributed by atoms with Gasteiger partial charge in [0.1, 0.15) is 23.4 Å². The van der Waals surface area contributed by atoms with E-state index in [4.69, 9.17) is 9.47 Å². The van der Waals surface area contributed by atoms with Gasteiger partial charge in [-0.3, -0.25) is 14.5 Å². The number of carbonyl (C=O) groups excluding carboxylic acids is 1. The standard InChI is InChI=1S/C22H27N3O5S/c1-14(2)20(23-21-17-8-6-7-9-19(17)31(27,28)24-21)22(26)25(3)13-15-10-11-16(29-4)12-18(15)30-5/h6-12,14,20H,13H2,1-5H3,(H,23,24). The molecular formula is C22H27N3O5S. The molecule has 1 heterocycles. The predicted octanol–water partition coefficient (Wildman–Crippen LogP) is 2.43. The highest BCUT2D eigenvalue weighted by molar-refractivity contribution is 7.90. The zero-order chi connectivity index (χ0) is 22.8. The van der Waals surface area contributed by atoms with Crippen molar-refractivity contribution in [2.75, 3.05) is 21.3 Å². The minimum absolute atomic E-state index is 0.141. The molecule has 1 unspecified atom stereocenters. The van der Waals surface area contributed by atoms with E-state index in [1.807, 2.05) is 19.9 Å². The smallest absolute Gasteiger partial charge is 0.263 e. The van der Waals surface area contributed by atoms with Gasteiger partial charge in [0.15, 0.2) is 0 Å². The number of hydrogen-bond acceptors (Lipinski definition) is 6. The summed E-state index contributed by atoms with van der Waals surface area (Å²) < 4.78 is 37.9. The van der Waals surface area contributed by atoms with Crippen LogP contribution in [0.4, 0.5) is 0 Å². The molecule has 166 valence electrons. The minimum atomic E-state index is -3.67. The first kappa shape index (κ1) is 22.6. The molecule has 2 aromatic rings. The lowest BCUT2D eigenvalue weighted by atomic mass is 10.0. The van der Waals surface area contributed by atoms with Crippen LogP contribution in [0.1, 0.15) is 25.0 Å². The number of benzene rings is 2. The van der Waals surface area contributed by atoms with E-state index >= 15 is 0 Å². The van der Waals surface area contributed by atoms with Crippen LogP contribution in [0.3, 0.4) is 0 Å². The summed E-state index contributed by atoms with van der Waals surface area (Å²) in [6.07, 6.45) is 0. The quantitative estimate of drug-likeness (QED) is 0.706. The molecule has 0 aromatic heterocycles. The van der Waals surface area contributed by atoms with E-state index in [9.17, 15) is 13.2 Å². The average molecular weight is 446 g/mol. The number of sulfonamides is 1. The summed E-state index contributed by atoms with van der Waals surface area (Å²) in [6.45, 7) is 4.07. The zero-order valence-electron chi connectivity index (χ0n) is 18.2. The SMILES string of the molecule is COc1ccc(CN(C)C(=O)C(N=C2NS(=O)(=O)c3ccccc32)C(C)C)c(OC)c1. The van der Waals surface area contributed by atoms with Crippen LogP contribution in [-0.4, -0.2) is 52.4 Å². The van der Waals surface area contributed by atoms with Crippen molar-refractivity contribution in [2.24, 2.45) is 10.9 Å². The Morgan fingerprint density at radius 3 is 2.48 bits per heavy atom. The number of methoxy groups -OCH3 is 2. The normalized spacial score (nSPS) is 16.5. The van der Waals surface area contributed by atoms with Crippen LogP contribution in [0.25, 0.3) is 0 Å². The van der Waals surface area contributed by atoms with E-state index in [2.05, 4.69) is 9.71 Å². The summed E-state index contributed by atoms with van der Waals surface area (Å²) in [5, 5.41) is 0. The predicted molar refractivity (Wildman–Crippen MR) is 118 cm³/mol. The van der Waals surface area contributed by atoms with Gasteiger partial charge in [0.25, 0.3) is 10.0 Å². The lowest BCUT2D eigenvalue weighted by Crippen LogP contribution is -2.39. The number of amidine groups is 1. The number of likely N-dealkylation sites (N-methyl/N-ethyl adjacent to an activating group) is 1. The molecule has 0 bridgehead atoms. The lowest BCUT2D eigenvalue weighted by molar-refractivity contribution is -0.132. The maximum absolute atomic E-state index is 13.2. The van der Waals surface area contributed by atoms with Crippen molar-refractivity contribution >= 4 is 21.8 Å². The topological polar surface area (TPSA) is 97.3 Å². The molecule has 0 fully saturated rings. The Morgan fingerprint density at radius 1 is 1.13 bits per heavy atom. The Balaban J connectivity index is 1.88. The largest absolute Gasteiger partial charge is 0.497 e. The van der Waals surface area contributed by atoms with E-state index in [0.717, 1.165) is 5.56 Å². The molecule has 1 aliphatic heterocycles. The Kier molecular flexibility index (Phi) is 6.54. The highest BCUT2D eigenvalue weighted by Gasteiger charge is 2.33. The van der Waals surface area contributed by atoms with Crippen molar-refractivity contribution in [2.45, 2.75) is 31.3 Å². The van der Waals surface area contributed by atoms with Crippen LogP contribution in [-0.2, 0) is 21.4 Å². The monoisotopic (exact) mass is 445 g/mol. The second-order valence-electron chi connectivity index (χ2n) is 7.64. The summed E-state index contributed by atoms with van der Waals surface area (Å²) in [5.41, 5.74) is 1.29. The van der Waals surface area contributed by atoms with Gasteiger partial charge in [-0.1, -0.05) is 26.0 Å². The van der Waals surface area contributed by atoms with Crippen LogP contribution >= 0.6 is 0 Å². The van der Waals surface area contributed by atoms with E-state index < -0.39 is 16.1 Å². The molecule has 1 aliphatic rings. The first-order valence-corrected chi connectivity index (χ1v) is 11.3. The molecule has 0 spiro atoms. The van der Waals surface area contributed by atoms with Crippen LogP contribution in [0.2, 0.25) is 0 Å². The second-order valence-corrected chi connectivity index (χ2v) is 9.29.